The highest BCUT2D eigenvalue weighted by Crippen LogP contribution is 2.27. The molecule has 0 saturated carbocycles. The minimum absolute atomic E-state index is 0.0456. The molecule has 20 heavy (non-hydrogen) atoms. The Labute approximate surface area is 119 Å². The Morgan fingerprint density at radius 3 is 2.90 bits per heavy atom. The van der Waals surface area contributed by atoms with Gasteiger partial charge in [0.15, 0.2) is 0 Å². The third-order valence-corrected chi connectivity index (χ3v) is 4.21. The maximum absolute atomic E-state index is 12.3. The predicted octanol–water partition coefficient (Wildman–Crippen LogP) is 2.90. The van der Waals surface area contributed by atoms with Crippen LogP contribution in [0.1, 0.15) is 44.7 Å². The predicted molar refractivity (Wildman–Crippen MR) is 82.1 cm³/mol. The van der Waals surface area contributed by atoms with Gasteiger partial charge in [-0.3, -0.25) is 9.47 Å². The topological polar surface area (TPSA) is 41.0 Å². The highest BCUT2D eigenvalue weighted by Gasteiger charge is 2.25. The van der Waals surface area contributed by atoms with Crippen LogP contribution < -0.4 is 5.69 Å². The van der Waals surface area contributed by atoms with E-state index in [-0.39, 0.29) is 11.7 Å². The van der Waals surface area contributed by atoms with E-state index in [1.165, 1.54) is 5.56 Å². The summed E-state index contributed by atoms with van der Waals surface area (Å²) in [5, 5.41) is 0. The van der Waals surface area contributed by atoms with Gasteiger partial charge in [0.2, 0.25) is 0 Å². The molecule has 1 atom stereocenters. The van der Waals surface area contributed by atoms with Gasteiger partial charge in [0, 0.05) is 13.1 Å². The maximum Gasteiger partial charge on any atom is 0.326 e. The lowest BCUT2D eigenvalue weighted by Gasteiger charge is -2.24. The van der Waals surface area contributed by atoms with Gasteiger partial charge in [0.1, 0.15) is 0 Å². The largest absolute Gasteiger partial charge is 0.326 e. The number of nitrogens with one attached hydrogen (secondary N) is 1. The van der Waals surface area contributed by atoms with E-state index in [9.17, 15) is 4.79 Å². The Balaban J connectivity index is 2.16. The van der Waals surface area contributed by atoms with Crippen molar-refractivity contribution in [3.8, 4) is 0 Å². The number of hydrogen-bond acceptors (Lipinski definition) is 2. The van der Waals surface area contributed by atoms with Crippen molar-refractivity contribution in [2.45, 2.75) is 45.7 Å². The van der Waals surface area contributed by atoms with Gasteiger partial charge < -0.3 is 4.98 Å². The summed E-state index contributed by atoms with van der Waals surface area (Å²) in [6, 6.07) is 6.50. The monoisotopic (exact) mass is 273 g/mol. The zero-order valence-electron chi connectivity index (χ0n) is 12.4. The molecule has 0 bridgehead atoms. The number of aromatic amines is 1. The molecule has 1 unspecified atom stereocenters. The van der Waals surface area contributed by atoms with Crippen LogP contribution in [0.2, 0.25) is 0 Å². The summed E-state index contributed by atoms with van der Waals surface area (Å²) in [5.41, 5.74) is 3.42. The quantitative estimate of drug-likeness (QED) is 0.930. The van der Waals surface area contributed by atoms with Crippen molar-refractivity contribution in [2.75, 3.05) is 13.1 Å². The SMILES string of the molecule is CCCC1CN(CCC)Cc2cccc3[nH]c(=O)n1c23. The van der Waals surface area contributed by atoms with Crippen molar-refractivity contribution in [2.24, 2.45) is 0 Å². The lowest BCUT2D eigenvalue weighted by Crippen LogP contribution is -2.32. The first-order valence-electron chi connectivity index (χ1n) is 7.69. The summed E-state index contributed by atoms with van der Waals surface area (Å²) < 4.78 is 2.00. The normalized spacial score (nSPS) is 19.4. The number of aromatic nitrogens is 2. The van der Waals surface area contributed by atoms with E-state index in [0.29, 0.717) is 0 Å². The Bertz CT molecular complexity index is 655. The number of hydrogen-bond donors (Lipinski definition) is 1. The Hall–Kier alpha value is -1.55. The van der Waals surface area contributed by atoms with Crippen LogP contribution in [0.5, 0.6) is 0 Å². The van der Waals surface area contributed by atoms with Crippen molar-refractivity contribution in [1.29, 1.82) is 0 Å². The third-order valence-electron chi connectivity index (χ3n) is 4.21. The van der Waals surface area contributed by atoms with E-state index < -0.39 is 0 Å². The molecule has 1 aliphatic rings. The van der Waals surface area contributed by atoms with E-state index >= 15 is 0 Å². The van der Waals surface area contributed by atoms with Crippen LogP contribution in [0.15, 0.2) is 23.0 Å². The fourth-order valence-corrected chi connectivity index (χ4v) is 3.45. The zero-order valence-corrected chi connectivity index (χ0v) is 12.4. The molecule has 4 nitrogen and oxygen atoms in total. The van der Waals surface area contributed by atoms with Gasteiger partial charge in [-0.1, -0.05) is 32.4 Å². The maximum atomic E-state index is 12.3. The van der Waals surface area contributed by atoms with Crippen molar-refractivity contribution in [3.05, 3.63) is 34.2 Å². The number of nitrogens with zero attached hydrogens (tertiary/aromatic N) is 2. The summed E-state index contributed by atoms with van der Waals surface area (Å²) in [7, 11) is 0. The van der Waals surface area contributed by atoms with Gasteiger partial charge in [-0.15, -0.1) is 0 Å². The molecule has 1 aromatic heterocycles. The minimum Gasteiger partial charge on any atom is -0.306 e. The summed E-state index contributed by atoms with van der Waals surface area (Å²) in [6.45, 7) is 7.43. The molecule has 4 heteroatoms. The molecule has 1 aromatic carbocycles. The molecule has 1 N–H and O–H groups in total. The lowest BCUT2D eigenvalue weighted by molar-refractivity contribution is 0.225. The molecular formula is C16H23N3O. The highest BCUT2D eigenvalue weighted by molar-refractivity contribution is 5.79. The lowest BCUT2D eigenvalue weighted by atomic mass is 10.1. The fraction of sp³-hybridized carbons (Fsp3) is 0.562. The first kappa shape index (κ1) is 13.4. The Morgan fingerprint density at radius 1 is 1.30 bits per heavy atom. The Kier molecular flexibility index (Phi) is 3.66. The van der Waals surface area contributed by atoms with E-state index in [1.54, 1.807) is 0 Å². The van der Waals surface area contributed by atoms with Crippen LogP contribution in [0.4, 0.5) is 0 Å². The smallest absolute Gasteiger partial charge is 0.306 e. The summed E-state index contributed by atoms with van der Waals surface area (Å²) in [4.78, 5) is 17.8. The minimum atomic E-state index is 0.0456. The molecule has 108 valence electrons. The molecule has 0 aliphatic carbocycles. The number of rotatable bonds is 4. The number of imidazole rings is 1. The van der Waals surface area contributed by atoms with Crippen molar-refractivity contribution < 1.29 is 0 Å². The molecule has 2 aromatic rings. The second-order valence-electron chi connectivity index (χ2n) is 5.79. The zero-order chi connectivity index (χ0) is 14.1. The van der Waals surface area contributed by atoms with Crippen LogP contribution in [-0.2, 0) is 6.54 Å². The molecule has 0 fully saturated rings. The van der Waals surface area contributed by atoms with E-state index in [4.69, 9.17) is 0 Å². The molecule has 0 saturated heterocycles. The number of para-hydroxylation sites is 1. The fourth-order valence-electron chi connectivity index (χ4n) is 3.45. The van der Waals surface area contributed by atoms with Gasteiger partial charge in [0.25, 0.3) is 0 Å². The van der Waals surface area contributed by atoms with Gasteiger partial charge in [0.05, 0.1) is 17.1 Å². The number of benzene rings is 1. The molecule has 2 heterocycles. The van der Waals surface area contributed by atoms with Crippen molar-refractivity contribution in [3.63, 3.8) is 0 Å². The second-order valence-corrected chi connectivity index (χ2v) is 5.79. The summed E-state index contributed by atoms with van der Waals surface area (Å²) in [5.74, 6) is 0. The van der Waals surface area contributed by atoms with Gasteiger partial charge >= 0.3 is 5.69 Å². The van der Waals surface area contributed by atoms with Gasteiger partial charge in [-0.05, 0) is 31.0 Å². The first-order valence-corrected chi connectivity index (χ1v) is 7.69. The molecular weight excluding hydrogens is 250 g/mol. The van der Waals surface area contributed by atoms with E-state index in [2.05, 4.69) is 29.8 Å². The van der Waals surface area contributed by atoms with Crippen LogP contribution in [0.25, 0.3) is 11.0 Å². The molecule has 3 rings (SSSR count). The average Bonchev–Trinajstić information content (AvgIpc) is 2.66. The first-order chi connectivity index (χ1) is 9.74. The number of H-pyrrole nitrogens is 1. The summed E-state index contributed by atoms with van der Waals surface area (Å²) in [6.07, 6.45) is 3.31. The van der Waals surface area contributed by atoms with E-state index in [0.717, 1.165) is 49.9 Å². The molecule has 1 aliphatic heterocycles. The average molecular weight is 273 g/mol. The van der Waals surface area contributed by atoms with Crippen LogP contribution in [0.3, 0.4) is 0 Å². The van der Waals surface area contributed by atoms with Gasteiger partial charge in [-0.25, -0.2) is 4.79 Å². The van der Waals surface area contributed by atoms with Crippen molar-refractivity contribution >= 4 is 11.0 Å². The second kappa shape index (κ2) is 5.44. The van der Waals surface area contributed by atoms with Gasteiger partial charge in [-0.2, -0.15) is 0 Å². The van der Waals surface area contributed by atoms with Crippen LogP contribution in [0, 0.1) is 0 Å². The molecule has 0 amide bonds. The molecule has 0 spiro atoms. The standard InChI is InChI=1S/C16H23N3O/c1-3-6-13-11-18(9-4-2)10-12-7-5-8-14-15(12)19(13)16(20)17-14/h5,7-8,13H,3-4,6,9-11H2,1-2H3,(H,17,20). The highest BCUT2D eigenvalue weighted by atomic mass is 16.1. The van der Waals surface area contributed by atoms with Crippen LogP contribution >= 0.6 is 0 Å². The van der Waals surface area contributed by atoms with Crippen molar-refractivity contribution in [1.82, 2.24) is 14.5 Å². The molecule has 0 radical (unpaired) electrons. The summed E-state index contributed by atoms with van der Waals surface area (Å²) >= 11 is 0. The third kappa shape index (κ3) is 2.18. The van der Waals surface area contributed by atoms with Crippen LogP contribution in [-0.4, -0.2) is 27.5 Å². The van der Waals surface area contributed by atoms with E-state index in [1.807, 2.05) is 16.7 Å². The Morgan fingerprint density at radius 2 is 2.15 bits per heavy atom.